The van der Waals surface area contributed by atoms with Gasteiger partial charge in [-0.25, -0.2) is 14.5 Å². The second-order valence-corrected chi connectivity index (χ2v) is 1.94. The highest BCUT2D eigenvalue weighted by Crippen LogP contribution is 1.85. The highest BCUT2D eigenvalue weighted by Gasteiger charge is 1.92. The molecule has 5 heteroatoms. The van der Waals surface area contributed by atoms with Gasteiger partial charge in [-0.05, 0) is 6.92 Å². The summed E-state index contributed by atoms with van der Waals surface area (Å²) in [4.78, 5) is 14.5. The highest BCUT2D eigenvalue weighted by atomic mass is 16.5. The number of hydrogen-bond donors (Lipinski definition) is 0. The van der Waals surface area contributed by atoms with Crippen LogP contribution in [-0.4, -0.2) is 27.3 Å². The Morgan fingerprint density at radius 3 is 3.17 bits per heavy atom. The van der Waals surface area contributed by atoms with Crippen LogP contribution in [0.4, 0.5) is 0 Å². The third-order valence-corrected chi connectivity index (χ3v) is 1.09. The number of carbonyl (C=O) groups is 1. The summed E-state index contributed by atoms with van der Waals surface area (Å²) in [7, 11) is 0. The van der Waals surface area contributed by atoms with E-state index < -0.39 is 0 Å². The lowest BCUT2D eigenvalue weighted by atomic mass is 10.6. The minimum atomic E-state index is -0.381. The lowest BCUT2D eigenvalue weighted by Gasteiger charge is -1.93. The zero-order valence-electron chi connectivity index (χ0n) is 6.67. The van der Waals surface area contributed by atoms with Crippen molar-refractivity contribution in [2.45, 2.75) is 6.92 Å². The van der Waals surface area contributed by atoms with Crippen molar-refractivity contribution in [1.29, 1.82) is 0 Å². The van der Waals surface area contributed by atoms with E-state index in [0.717, 1.165) is 0 Å². The van der Waals surface area contributed by atoms with Crippen LogP contribution in [0.2, 0.25) is 0 Å². The third kappa shape index (κ3) is 2.53. The van der Waals surface area contributed by atoms with Crippen LogP contribution in [0.5, 0.6) is 0 Å². The molecule has 1 aromatic rings. The molecule has 64 valence electrons. The fourth-order valence-electron chi connectivity index (χ4n) is 0.622. The molecule has 1 aromatic heterocycles. The van der Waals surface area contributed by atoms with Gasteiger partial charge < -0.3 is 4.74 Å². The molecule has 5 nitrogen and oxygen atoms in total. The molecule has 0 atom stereocenters. The summed E-state index contributed by atoms with van der Waals surface area (Å²) < 4.78 is 6.07. The van der Waals surface area contributed by atoms with Crippen molar-refractivity contribution in [1.82, 2.24) is 14.8 Å². The molecule has 1 rings (SSSR count). The quantitative estimate of drug-likeness (QED) is 0.480. The Kier molecular flexibility index (Phi) is 3.01. The molecule has 0 bridgehead atoms. The van der Waals surface area contributed by atoms with Crippen LogP contribution < -0.4 is 0 Å². The Hall–Kier alpha value is -1.65. The van der Waals surface area contributed by atoms with Gasteiger partial charge in [-0.1, -0.05) is 0 Å². The molecule has 0 saturated heterocycles. The van der Waals surface area contributed by atoms with Gasteiger partial charge in [0.2, 0.25) is 0 Å². The lowest BCUT2D eigenvalue weighted by molar-refractivity contribution is -0.137. The van der Waals surface area contributed by atoms with Crippen molar-refractivity contribution in [2.75, 3.05) is 6.61 Å². The van der Waals surface area contributed by atoms with Crippen molar-refractivity contribution in [3.63, 3.8) is 0 Å². The monoisotopic (exact) mass is 167 g/mol. The molecule has 12 heavy (non-hydrogen) atoms. The van der Waals surface area contributed by atoms with E-state index in [9.17, 15) is 4.79 Å². The van der Waals surface area contributed by atoms with Crippen LogP contribution in [0, 0.1) is 0 Å². The summed E-state index contributed by atoms with van der Waals surface area (Å²) in [6.07, 6.45) is 5.63. The van der Waals surface area contributed by atoms with Gasteiger partial charge in [-0.3, -0.25) is 0 Å². The molecule has 0 unspecified atom stereocenters. The predicted octanol–water partition coefficient (Wildman–Crippen LogP) is 0.312. The van der Waals surface area contributed by atoms with E-state index >= 15 is 0 Å². The van der Waals surface area contributed by atoms with Gasteiger partial charge in [0.15, 0.2) is 0 Å². The van der Waals surface area contributed by atoms with Gasteiger partial charge in [0.25, 0.3) is 0 Å². The molecule has 0 aromatic carbocycles. The maximum Gasteiger partial charge on any atom is 0.332 e. The van der Waals surface area contributed by atoms with E-state index in [1.165, 1.54) is 29.6 Å². The number of rotatable bonds is 3. The van der Waals surface area contributed by atoms with Gasteiger partial charge in [-0.2, -0.15) is 5.10 Å². The summed E-state index contributed by atoms with van der Waals surface area (Å²) in [6.45, 7) is 2.13. The summed E-state index contributed by atoms with van der Waals surface area (Å²) in [5, 5.41) is 3.76. The van der Waals surface area contributed by atoms with E-state index in [2.05, 4.69) is 14.8 Å². The van der Waals surface area contributed by atoms with Crippen LogP contribution in [0.3, 0.4) is 0 Å². The molecule has 0 spiro atoms. The number of ether oxygens (including phenoxy) is 1. The summed E-state index contributed by atoms with van der Waals surface area (Å²) in [6, 6.07) is 0. The minimum absolute atomic E-state index is 0.376. The van der Waals surface area contributed by atoms with E-state index in [-0.39, 0.29) is 5.97 Å². The molecule has 0 amide bonds. The topological polar surface area (TPSA) is 57.0 Å². The molecule has 1 heterocycles. The van der Waals surface area contributed by atoms with Gasteiger partial charge in [0.05, 0.1) is 6.61 Å². The molecule has 0 fully saturated rings. The average Bonchev–Trinajstić information content (AvgIpc) is 2.53. The van der Waals surface area contributed by atoms with Crippen molar-refractivity contribution in [3.8, 4) is 0 Å². The third-order valence-electron chi connectivity index (χ3n) is 1.09. The maximum absolute atomic E-state index is 10.8. The number of esters is 1. The second kappa shape index (κ2) is 4.27. The van der Waals surface area contributed by atoms with E-state index in [1.807, 2.05) is 0 Å². The Bertz CT molecular complexity index is 266. The molecular weight excluding hydrogens is 158 g/mol. The van der Waals surface area contributed by atoms with Crippen LogP contribution in [-0.2, 0) is 9.53 Å². The zero-order valence-corrected chi connectivity index (χ0v) is 6.67. The first-order chi connectivity index (χ1) is 5.83. The molecule has 0 aliphatic carbocycles. The van der Waals surface area contributed by atoms with Gasteiger partial charge in [0, 0.05) is 12.3 Å². The minimum Gasteiger partial charge on any atom is -0.463 e. The smallest absolute Gasteiger partial charge is 0.332 e. The molecule has 0 aliphatic rings. The van der Waals surface area contributed by atoms with Crippen LogP contribution in [0.25, 0.3) is 6.20 Å². The first-order valence-corrected chi connectivity index (χ1v) is 3.52. The van der Waals surface area contributed by atoms with Crippen molar-refractivity contribution < 1.29 is 9.53 Å². The molecule has 0 aliphatic heterocycles. The Morgan fingerprint density at radius 2 is 2.58 bits per heavy atom. The van der Waals surface area contributed by atoms with E-state index in [4.69, 9.17) is 0 Å². The van der Waals surface area contributed by atoms with Gasteiger partial charge in [-0.15, -0.1) is 0 Å². The van der Waals surface area contributed by atoms with E-state index in [1.54, 1.807) is 6.92 Å². The van der Waals surface area contributed by atoms with Crippen molar-refractivity contribution >= 4 is 12.2 Å². The standard InChI is InChI=1S/C7H9N3O2/c1-2-12-7(11)3-4-10-6-8-5-9-10/h3-6H,2H2,1H3/b4-3-. The Morgan fingerprint density at radius 1 is 1.75 bits per heavy atom. The van der Waals surface area contributed by atoms with Crippen molar-refractivity contribution in [2.24, 2.45) is 0 Å². The van der Waals surface area contributed by atoms with Gasteiger partial charge in [0.1, 0.15) is 12.7 Å². The zero-order chi connectivity index (χ0) is 8.81. The molecule has 0 radical (unpaired) electrons. The lowest BCUT2D eigenvalue weighted by Crippen LogP contribution is -1.99. The van der Waals surface area contributed by atoms with Gasteiger partial charge >= 0.3 is 5.97 Å². The molecule has 0 saturated carbocycles. The normalized spacial score (nSPS) is 10.4. The molecule has 0 N–H and O–H groups in total. The summed E-state index contributed by atoms with van der Waals surface area (Å²) in [5.41, 5.74) is 0. The number of carbonyl (C=O) groups excluding carboxylic acids is 1. The van der Waals surface area contributed by atoms with Crippen molar-refractivity contribution in [3.05, 3.63) is 18.7 Å². The fraction of sp³-hybridized carbons (Fsp3) is 0.286. The van der Waals surface area contributed by atoms with E-state index in [0.29, 0.717) is 6.61 Å². The number of hydrogen-bond acceptors (Lipinski definition) is 4. The SMILES string of the molecule is CCOC(=O)/C=C\n1cncn1. The second-order valence-electron chi connectivity index (χ2n) is 1.94. The summed E-state index contributed by atoms with van der Waals surface area (Å²) >= 11 is 0. The number of nitrogens with zero attached hydrogens (tertiary/aromatic N) is 3. The largest absolute Gasteiger partial charge is 0.463 e. The van der Waals surface area contributed by atoms with Crippen LogP contribution in [0.1, 0.15) is 6.92 Å². The number of aromatic nitrogens is 3. The highest BCUT2D eigenvalue weighted by molar-refractivity contribution is 5.84. The maximum atomic E-state index is 10.8. The predicted molar refractivity (Wildman–Crippen MR) is 42.0 cm³/mol. The van der Waals surface area contributed by atoms with Crippen LogP contribution in [0.15, 0.2) is 18.7 Å². The fourth-order valence-corrected chi connectivity index (χ4v) is 0.622. The first kappa shape index (κ1) is 8.45. The Balaban J connectivity index is 2.45. The molecular formula is C7H9N3O2. The average molecular weight is 167 g/mol. The van der Waals surface area contributed by atoms with Crippen LogP contribution >= 0.6 is 0 Å². The summed E-state index contributed by atoms with van der Waals surface area (Å²) in [5.74, 6) is -0.381. The Labute approximate surface area is 69.7 Å². The first-order valence-electron chi connectivity index (χ1n) is 3.52.